The van der Waals surface area contributed by atoms with Crippen LogP contribution in [-0.2, 0) is 33.3 Å². The lowest BCUT2D eigenvalue weighted by Crippen LogP contribution is -2.44. The molecule has 438 valence electrons. The monoisotopic (exact) mass is 1050 g/mol. The Balaban J connectivity index is 4.00. The number of carboxylic acid groups (broad SMARTS) is 1. The zero-order valence-electron chi connectivity index (χ0n) is 50.0. The Hall–Kier alpha value is -1.97. The first-order chi connectivity index (χ1) is 36.1. The molecule has 0 heterocycles. The second kappa shape index (κ2) is 57.2. The summed E-state index contributed by atoms with van der Waals surface area (Å²) in [5.74, 6) is -2.27. The van der Waals surface area contributed by atoms with Crippen molar-refractivity contribution in [1.82, 2.24) is 0 Å². The van der Waals surface area contributed by atoms with Crippen LogP contribution in [0.3, 0.4) is 0 Å². The van der Waals surface area contributed by atoms with Crippen LogP contribution in [0.25, 0.3) is 0 Å². The molecule has 74 heavy (non-hydrogen) atoms. The van der Waals surface area contributed by atoms with E-state index >= 15 is 0 Å². The molecule has 0 saturated heterocycles. The van der Waals surface area contributed by atoms with E-state index in [1.54, 1.807) is 0 Å². The van der Waals surface area contributed by atoms with Crippen LogP contribution in [0.2, 0.25) is 0 Å². The highest BCUT2D eigenvalue weighted by atomic mass is 16.7. The van der Waals surface area contributed by atoms with Crippen LogP contribution in [0.15, 0.2) is 12.2 Å². The lowest BCUT2D eigenvalue weighted by molar-refractivity contribution is -0.870. The fourth-order valence-corrected chi connectivity index (χ4v) is 9.77. The van der Waals surface area contributed by atoms with E-state index in [1.165, 1.54) is 244 Å². The van der Waals surface area contributed by atoms with Crippen molar-refractivity contribution in [3.05, 3.63) is 12.2 Å². The quantitative estimate of drug-likeness (QED) is 0.0195. The molecule has 0 bridgehead atoms. The normalized spacial score (nSPS) is 12.7. The van der Waals surface area contributed by atoms with Crippen LogP contribution in [0.1, 0.15) is 328 Å². The molecule has 0 aliphatic heterocycles. The minimum Gasteiger partial charge on any atom is -0.545 e. The maximum Gasteiger partial charge on any atom is 0.306 e. The van der Waals surface area contributed by atoms with Crippen molar-refractivity contribution < 1.29 is 42.9 Å². The largest absolute Gasteiger partial charge is 0.545 e. The van der Waals surface area contributed by atoms with Crippen molar-refractivity contribution in [2.45, 2.75) is 341 Å². The van der Waals surface area contributed by atoms with Gasteiger partial charge in [0.05, 0.1) is 40.3 Å². The van der Waals surface area contributed by atoms with E-state index in [4.69, 9.17) is 18.9 Å². The summed E-state index contributed by atoms with van der Waals surface area (Å²) in [6.07, 6.45) is 64.4. The fourth-order valence-electron chi connectivity index (χ4n) is 9.77. The molecule has 0 amide bonds. The molecule has 0 aliphatic rings. The highest BCUT2D eigenvalue weighted by Crippen LogP contribution is 2.18. The number of rotatable bonds is 61. The molecular formula is C65H125NO8. The molecule has 0 spiro atoms. The van der Waals surface area contributed by atoms with Gasteiger partial charge in [-0.25, -0.2) is 0 Å². The predicted molar refractivity (Wildman–Crippen MR) is 311 cm³/mol. The Labute approximate surface area is 459 Å². The highest BCUT2D eigenvalue weighted by Gasteiger charge is 2.22. The molecule has 0 rings (SSSR count). The number of allylic oxidation sites excluding steroid dienone is 2. The summed E-state index contributed by atoms with van der Waals surface area (Å²) < 4.78 is 22.7. The van der Waals surface area contributed by atoms with Crippen LogP contribution in [0, 0.1) is 0 Å². The summed E-state index contributed by atoms with van der Waals surface area (Å²) in [6.45, 7) is 4.79. The average Bonchev–Trinajstić information content (AvgIpc) is 3.37. The van der Waals surface area contributed by atoms with Crippen LogP contribution >= 0.6 is 0 Å². The van der Waals surface area contributed by atoms with Gasteiger partial charge >= 0.3 is 11.9 Å². The van der Waals surface area contributed by atoms with Gasteiger partial charge in [-0.05, 0) is 38.5 Å². The molecule has 0 radical (unpaired) electrons. The van der Waals surface area contributed by atoms with Gasteiger partial charge in [-0.1, -0.05) is 289 Å². The number of aliphatic carboxylic acids is 1. The van der Waals surface area contributed by atoms with Gasteiger partial charge in [-0.2, -0.15) is 0 Å². The van der Waals surface area contributed by atoms with Crippen molar-refractivity contribution in [2.24, 2.45) is 0 Å². The number of nitrogens with zero attached hydrogens (tertiary/aromatic N) is 1. The molecule has 2 unspecified atom stereocenters. The van der Waals surface area contributed by atoms with Gasteiger partial charge in [0.1, 0.15) is 13.2 Å². The summed E-state index contributed by atoms with van der Waals surface area (Å²) in [5.41, 5.74) is 0. The van der Waals surface area contributed by atoms with E-state index in [9.17, 15) is 19.5 Å². The van der Waals surface area contributed by atoms with Gasteiger partial charge in [0.15, 0.2) is 12.4 Å². The van der Waals surface area contributed by atoms with Crippen molar-refractivity contribution in [1.29, 1.82) is 0 Å². The zero-order chi connectivity index (χ0) is 54.1. The van der Waals surface area contributed by atoms with E-state index < -0.39 is 24.3 Å². The van der Waals surface area contributed by atoms with E-state index in [-0.39, 0.29) is 32.2 Å². The lowest BCUT2D eigenvalue weighted by Gasteiger charge is -2.26. The predicted octanol–water partition coefficient (Wildman–Crippen LogP) is 18.0. The maximum absolute atomic E-state index is 12.8. The summed E-state index contributed by atoms with van der Waals surface area (Å²) in [5, 5.41) is 11.8. The second-order valence-corrected chi connectivity index (χ2v) is 23.4. The number of quaternary nitrogens is 1. The lowest BCUT2D eigenvalue weighted by atomic mass is 10.0. The molecule has 0 fully saturated rings. The molecule has 0 aromatic rings. The minimum absolute atomic E-state index is 0.150. The zero-order valence-corrected chi connectivity index (χ0v) is 50.0. The Bertz CT molecular complexity index is 1220. The summed E-state index contributed by atoms with van der Waals surface area (Å²) in [6, 6.07) is 0. The molecule has 9 nitrogen and oxygen atoms in total. The van der Waals surface area contributed by atoms with E-state index in [0.29, 0.717) is 23.9 Å². The molecule has 2 atom stereocenters. The molecule has 0 aliphatic carbocycles. The van der Waals surface area contributed by atoms with Crippen molar-refractivity contribution >= 4 is 17.9 Å². The first-order valence-corrected chi connectivity index (χ1v) is 32.3. The molecule has 0 aromatic heterocycles. The fraction of sp³-hybridized carbons (Fsp3) is 0.923. The maximum atomic E-state index is 12.8. The van der Waals surface area contributed by atoms with Crippen LogP contribution in [0.4, 0.5) is 0 Å². The third-order valence-corrected chi connectivity index (χ3v) is 14.8. The van der Waals surface area contributed by atoms with Gasteiger partial charge < -0.3 is 33.3 Å². The number of hydrogen-bond donors (Lipinski definition) is 0. The first kappa shape index (κ1) is 72.0. The van der Waals surface area contributed by atoms with Crippen molar-refractivity contribution in [3.63, 3.8) is 0 Å². The van der Waals surface area contributed by atoms with Crippen molar-refractivity contribution in [3.8, 4) is 0 Å². The second-order valence-electron chi connectivity index (χ2n) is 23.4. The molecule has 9 heteroatoms. The van der Waals surface area contributed by atoms with Crippen LogP contribution < -0.4 is 5.11 Å². The van der Waals surface area contributed by atoms with Crippen molar-refractivity contribution in [2.75, 3.05) is 47.5 Å². The molecule has 0 aromatic carbocycles. The molecular weight excluding hydrogens is 923 g/mol. The van der Waals surface area contributed by atoms with Gasteiger partial charge in [-0.15, -0.1) is 0 Å². The number of esters is 2. The van der Waals surface area contributed by atoms with Gasteiger partial charge in [0, 0.05) is 12.8 Å². The van der Waals surface area contributed by atoms with Gasteiger partial charge in [0.25, 0.3) is 0 Å². The Morgan fingerprint density at radius 2 is 0.689 bits per heavy atom. The van der Waals surface area contributed by atoms with Crippen LogP contribution in [-0.4, -0.2) is 82.3 Å². The number of carboxylic acids is 1. The smallest absolute Gasteiger partial charge is 0.306 e. The molecule has 0 N–H and O–H groups in total. The number of carbonyl (C=O) groups is 3. The SMILES string of the molecule is CCCCCCCCC/C=C\CCCCCCCC(=O)OC(COC(=O)CCCCCCCCCCCCCCCCCCCCCCCCCCCCCCCCCCC)COC(OCC[N+](C)(C)C)C(=O)[O-]. The summed E-state index contributed by atoms with van der Waals surface area (Å²) >= 11 is 0. The number of unbranched alkanes of at least 4 members (excludes halogenated alkanes) is 44. The number of ether oxygens (including phenoxy) is 4. The number of likely N-dealkylation sites (N-methyl/N-ethyl adjacent to an activating group) is 1. The average molecular weight is 1050 g/mol. The Kier molecular flexibility index (Phi) is 55.7. The van der Waals surface area contributed by atoms with E-state index in [0.717, 1.165) is 51.4 Å². The minimum atomic E-state index is -1.62. The number of hydrogen-bond acceptors (Lipinski definition) is 8. The standard InChI is InChI=1S/C65H125NO8/c1-6-8-10-12-14-16-18-20-22-24-25-26-27-28-29-30-31-32-33-34-35-36-37-38-39-40-42-43-45-47-49-51-53-55-62(67)72-59-61(60-73-65(64(69)70)71-58-57-66(3,4)5)74-63(68)56-54-52-50-48-46-44-41-23-21-19-17-15-13-11-9-7-2/h23,41,61,65H,6-22,24-40,42-60H2,1-5H3/b41-23-. The number of carbonyl (C=O) groups excluding carboxylic acids is 3. The van der Waals surface area contributed by atoms with E-state index in [2.05, 4.69) is 26.0 Å². The van der Waals surface area contributed by atoms with Gasteiger partial charge in [0.2, 0.25) is 0 Å². The topological polar surface area (TPSA) is 111 Å². The van der Waals surface area contributed by atoms with Crippen LogP contribution in [0.5, 0.6) is 0 Å². The Morgan fingerprint density at radius 1 is 0.392 bits per heavy atom. The third kappa shape index (κ3) is 57.7. The van der Waals surface area contributed by atoms with E-state index in [1.807, 2.05) is 21.1 Å². The summed E-state index contributed by atoms with van der Waals surface area (Å²) in [7, 11) is 5.93. The first-order valence-electron chi connectivity index (χ1n) is 32.3. The third-order valence-electron chi connectivity index (χ3n) is 14.8. The highest BCUT2D eigenvalue weighted by molar-refractivity contribution is 5.70. The molecule has 0 saturated carbocycles. The Morgan fingerprint density at radius 3 is 1.00 bits per heavy atom. The van der Waals surface area contributed by atoms with Gasteiger partial charge in [-0.3, -0.25) is 9.59 Å². The summed E-state index contributed by atoms with van der Waals surface area (Å²) in [4.78, 5) is 37.3.